The van der Waals surface area contributed by atoms with E-state index in [1.54, 1.807) is 0 Å². The highest BCUT2D eigenvalue weighted by Gasteiger charge is 2.09. The first-order valence-corrected chi connectivity index (χ1v) is 6.84. The molecule has 1 rings (SSSR count). The molecule has 0 amide bonds. The van der Waals surface area contributed by atoms with Crippen molar-refractivity contribution in [3.8, 4) is 0 Å². The lowest BCUT2D eigenvalue weighted by Crippen LogP contribution is -2.40. The predicted octanol–water partition coefficient (Wildman–Crippen LogP) is 3.47. The molecule has 0 aliphatic carbocycles. The van der Waals surface area contributed by atoms with Gasteiger partial charge in [0, 0.05) is 30.2 Å². The molecule has 0 heterocycles. The number of rotatable bonds is 5. The van der Waals surface area contributed by atoms with Crippen LogP contribution in [0.1, 0.15) is 31.9 Å². The van der Waals surface area contributed by atoms with Crippen molar-refractivity contribution in [2.24, 2.45) is 0 Å². The van der Waals surface area contributed by atoms with E-state index in [2.05, 4.69) is 51.0 Å². The molecule has 1 aromatic carbocycles. The van der Waals surface area contributed by atoms with Gasteiger partial charge < -0.3 is 10.2 Å². The lowest BCUT2D eigenvalue weighted by molar-refractivity contribution is 0.303. The Balaban J connectivity index is 2.42. The molecule has 18 heavy (non-hydrogen) atoms. The van der Waals surface area contributed by atoms with Crippen molar-refractivity contribution in [1.82, 2.24) is 10.2 Å². The minimum Gasteiger partial charge on any atom is -0.311 e. The maximum absolute atomic E-state index is 5.96. The van der Waals surface area contributed by atoms with Crippen LogP contribution < -0.4 is 5.32 Å². The summed E-state index contributed by atoms with van der Waals surface area (Å²) in [5.74, 6) is 0. The van der Waals surface area contributed by atoms with Gasteiger partial charge in [-0.05, 0) is 58.0 Å². The maximum atomic E-state index is 5.96. The number of hydrogen-bond donors (Lipinski definition) is 1. The molecule has 0 saturated heterocycles. The van der Waals surface area contributed by atoms with Gasteiger partial charge in [-0.25, -0.2) is 0 Å². The minimum atomic E-state index is 0.191. The number of nitrogens with one attached hydrogen (secondary N) is 1. The quantitative estimate of drug-likeness (QED) is 0.880. The summed E-state index contributed by atoms with van der Waals surface area (Å²) in [6, 6.07) is 6.11. The van der Waals surface area contributed by atoms with Gasteiger partial charge in [-0.15, -0.1) is 0 Å². The van der Waals surface area contributed by atoms with Gasteiger partial charge in [0.05, 0.1) is 0 Å². The standard InChI is InChI=1S/C15H25ClN2/c1-12-10-14(16)7-6-13(12)11-18(5)9-8-17-15(2,3)4/h6-7,10,17H,8-9,11H2,1-5H3. The number of nitrogens with zero attached hydrogens (tertiary/aromatic N) is 1. The van der Waals surface area contributed by atoms with Gasteiger partial charge in [-0.3, -0.25) is 0 Å². The summed E-state index contributed by atoms with van der Waals surface area (Å²) in [4.78, 5) is 2.33. The molecule has 0 unspecified atom stereocenters. The van der Waals surface area contributed by atoms with Crippen molar-refractivity contribution in [2.75, 3.05) is 20.1 Å². The fourth-order valence-electron chi connectivity index (χ4n) is 1.83. The van der Waals surface area contributed by atoms with E-state index in [1.165, 1.54) is 11.1 Å². The fourth-order valence-corrected chi connectivity index (χ4v) is 2.05. The van der Waals surface area contributed by atoms with E-state index < -0.39 is 0 Å². The third-order valence-electron chi connectivity index (χ3n) is 2.89. The molecule has 1 N–H and O–H groups in total. The minimum absolute atomic E-state index is 0.191. The molecule has 0 radical (unpaired) electrons. The van der Waals surface area contributed by atoms with Crippen LogP contribution in [0.4, 0.5) is 0 Å². The smallest absolute Gasteiger partial charge is 0.0408 e. The van der Waals surface area contributed by atoms with Gasteiger partial charge in [0.1, 0.15) is 0 Å². The molecule has 0 aromatic heterocycles. The van der Waals surface area contributed by atoms with Crippen molar-refractivity contribution in [2.45, 2.75) is 39.8 Å². The van der Waals surface area contributed by atoms with Gasteiger partial charge in [0.25, 0.3) is 0 Å². The van der Waals surface area contributed by atoms with Gasteiger partial charge in [0.2, 0.25) is 0 Å². The Morgan fingerprint density at radius 3 is 2.50 bits per heavy atom. The highest BCUT2D eigenvalue weighted by atomic mass is 35.5. The van der Waals surface area contributed by atoms with Gasteiger partial charge in [0.15, 0.2) is 0 Å². The Labute approximate surface area is 116 Å². The first-order chi connectivity index (χ1) is 8.28. The number of aryl methyl sites for hydroxylation is 1. The fraction of sp³-hybridized carbons (Fsp3) is 0.600. The number of benzene rings is 1. The zero-order valence-corrected chi connectivity index (χ0v) is 12.9. The second-order valence-electron chi connectivity index (χ2n) is 5.99. The summed E-state index contributed by atoms with van der Waals surface area (Å²) < 4.78 is 0. The Kier molecular flexibility index (Phi) is 5.64. The molecule has 2 nitrogen and oxygen atoms in total. The average molecular weight is 269 g/mol. The SMILES string of the molecule is Cc1cc(Cl)ccc1CN(C)CCNC(C)(C)C. The summed E-state index contributed by atoms with van der Waals surface area (Å²) in [6.45, 7) is 11.7. The second-order valence-corrected chi connectivity index (χ2v) is 6.42. The third kappa shape index (κ3) is 5.85. The zero-order chi connectivity index (χ0) is 13.8. The first kappa shape index (κ1) is 15.5. The van der Waals surface area contributed by atoms with Crippen LogP contribution in [0.3, 0.4) is 0 Å². The van der Waals surface area contributed by atoms with Gasteiger partial charge in [-0.2, -0.15) is 0 Å². The van der Waals surface area contributed by atoms with Crippen molar-refractivity contribution < 1.29 is 0 Å². The number of likely N-dealkylation sites (N-methyl/N-ethyl adjacent to an activating group) is 1. The molecule has 3 heteroatoms. The lowest BCUT2D eigenvalue weighted by atomic mass is 10.1. The van der Waals surface area contributed by atoms with E-state index in [0.717, 1.165) is 24.7 Å². The van der Waals surface area contributed by atoms with E-state index >= 15 is 0 Å². The van der Waals surface area contributed by atoms with E-state index in [4.69, 9.17) is 11.6 Å². The third-order valence-corrected chi connectivity index (χ3v) is 3.13. The molecule has 0 aliphatic rings. The van der Waals surface area contributed by atoms with Gasteiger partial charge in [-0.1, -0.05) is 17.7 Å². The second kappa shape index (κ2) is 6.55. The summed E-state index contributed by atoms with van der Waals surface area (Å²) in [6.07, 6.45) is 0. The van der Waals surface area contributed by atoms with E-state index in [0.29, 0.717) is 0 Å². The summed E-state index contributed by atoms with van der Waals surface area (Å²) >= 11 is 5.96. The van der Waals surface area contributed by atoms with Crippen LogP contribution in [0.5, 0.6) is 0 Å². The lowest BCUT2D eigenvalue weighted by Gasteiger charge is -2.24. The number of hydrogen-bond acceptors (Lipinski definition) is 2. The normalized spacial score (nSPS) is 12.2. The molecular weight excluding hydrogens is 244 g/mol. The van der Waals surface area contributed by atoms with Crippen LogP contribution in [0, 0.1) is 6.92 Å². The maximum Gasteiger partial charge on any atom is 0.0408 e. The molecule has 0 aliphatic heterocycles. The van der Waals surface area contributed by atoms with Crippen LogP contribution in [-0.2, 0) is 6.54 Å². The average Bonchev–Trinajstić information content (AvgIpc) is 2.20. The van der Waals surface area contributed by atoms with Crippen LogP contribution in [0.25, 0.3) is 0 Å². The van der Waals surface area contributed by atoms with Crippen LogP contribution in [-0.4, -0.2) is 30.6 Å². The van der Waals surface area contributed by atoms with E-state index in [9.17, 15) is 0 Å². The summed E-state index contributed by atoms with van der Waals surface area (Å²) in [5, 5.41) is 4.31. The van der Waals surface area contributed by atoms with Crippen molar-refractivity contribution in [1.29, 1.82) is 0 Å². The van der Waals surface area contributed by atoms with E-state index in [1.807, 2.05) is 12.1 Å². The molecule has 0 bridgehead atoms. The molecular formula is C15H25ClN2. The number of halogens is 1. The highest BCUT2D eigenvalue weighted by Crippen LogP contribution is 2.16. The Bertz CT molecular complexity index is 383. The van der Waals surface area contributed by atoms with Crippen LogP contribution >= 0.6 is 11.6 Å². The zero-order valence-electron chi connectivity index (χ0n) is 12.2. The predicted molar refractivity (Wildman–Crippen MR) is 80.3 cm³/mol. The summed E-state index contributed by atoms with van der Waals surface area (Å²) in [5.41, 5.74) is 2.80. The largest absolute Gasteiger partial charge is 0.311 e. The van der Waals surface area contributed by atoms with Gasteiger partial charge >= 0.3 is 0 Å². The molecule has 0 saturated carbocycles. The highest BCUT2D eigenvalue weighted by molar-refractivity contribution is 6.30. The Morgan fingerprint density at radius 1 is 1.28 bits per heavy atom. The molecule has 102 valence electrons. The van der Waals surface area contributed by atoms with Crippen LogP contribution in [0.15, 0.2) is 18.2 Å². The van der Waals surface area contributed by atoms with Crippen LogP contribution in [0.2, 0.25) is 5.02 Å². The molecule has 1 aromatic rings. The van der Waals surface area contributed by atoms with Crippen molar-refractivity contribution in [3.63, 3.8) is 0 Å². The van der Waals surface area contributed by atoms with Crippen molar-refractivity contribution >= 4 is 11.6 Å². The van der Waals surface area contributed by atoms with Crippen molar-refractivity contribution in [3.05, 3.63) is 34.3 Å². The Morgan fingerprint density at radius 2 is 1.94 bits per heavy atom. The summed E-state index contributed by atoms with van der Waals surface area (Å²) in [7, 11) is 2.15. The monoisotopic (exact) mass is 268 g/mol. The molecule has 0 spiro atoms. The molecule has 0 atom stereocenters. The van der Waals surface area contributed by atoms with E-state index in [-0.39, 0.29) is 5.54 Å². The first-order valence-electron chi connectivity index (χ1n) is 6.46. The molecule has 0 fully saturated rings. The Hall–Kier alpha value is -0.570. The topological polar surface area (TPSA) is 15.3 Å².